The molecule has 0 radical (unpaired) electrons. The number of aryl methyl sites for hydroxylation is 2. The van der Waals surface area contributed by atoms with Crippen molar-refractivity contribution >= 4 is 21.9 Å². The lowest BCUT2D eigenvalue weighted by molar-refractivity contribution is 0.0695. The molecule has 0 saturated heterocycles. The Kier molecular flexibility index (Phi) is 3.94. The van der Waals surface area contributed by atoms with Crippen LogP contribution in [0.5, 0.6) is 0 Å². The van der Waals surface area contributed by atoms with Gasteiger partial charge in [-0.2, -0.15) is 4.98 Å². The molecule has 2 rings (SSSR count). The molecule has 112 valence electrons. The number of anilines is 1. The standard InChI is InChI=1S/C12H14N4O4S/c1-3-8-4-5-9(6-10(8)11(17)18)21(19,20)16-12-13-7(2)14-15-12/h4-6H,3H2,1-2H3,(H,17,18)(H2,13,14,15,16). The minimum absolute atomic E-state index is 0.0356. The van der Waals surface area contributed by atoms with Crippen LogP contribution in [0.4, 0.5) is 5.95 Å². The third kappa shape index (κ3) is 3.19. The van der Waals surface area contributed by atoms with E-state index in [2.05, 4.69) is 19.9 Å². The fourth-order valence-electron chi connectivity index (χ4n) is 1.80. The zero-order valence-corrected chi connectivity index (χ0v) is 12.2. The van der Waals surface area contributed by atoms with Gasteiger partial charge in [0.2, 0.25) is 0 Å². The SMILES string of the molecule is CCc1ccc(S(=O)(=O)Nc2n[nH]c(C)n2)cc1C(=O)O. The lowest BCUT2D eigenvalue weighted by atomic mass is 10.1. The number of carboxylic acid groups (broad SMARTS) is 1. The van der Waals surface area contributed by atoms with Crippen molar-refractivity contribution in [3.05, 3.63) is 35.2 Å². The maximum atomic E-state index is 12.2. The second-order valence-electron chi connectivity index (χ2n) is 4.33. The van der Waals surface area contributed by atoms with E-state index in [1.54, 1.807) is 13.8 Å². The molecule has 0 aliphatic heterocycles. The number of nitrogens with one attached hydrogen (secondary N) is 2. The van der Waals surface area contributed by atoms with E-state index in [1.807, 2.05) is 0 Å². The van der Waals surface area contributed by atoms with Crippen LogP contribution in [-0.4, -0.2) is 34.7 Å². The molecule has 0 amide bonds. The molecule has 1 aromatic heterocycles. The summed E-state index contributed by atoms with van der Waals surface area (Å²) < 4.78 is 26.6. The first-order chi connectivity index (χ1) is 9.83. The van der Waals surface area contributed by atoms with Crippen molar-refractivity contribution in [2.24, 2.45) is 0 Å². The number of aromatic amines is 1. The highest BCUT2D eigenvalue weighted by atomic mass is 32.2. The molecule has 0 bridgehead atoms. The normalized spacial score (nSPS) is 11.3. The van der Waals surface area contributed by atoms with Gasteiger partial charge in [0.15, 0.2) is 0 Å². The number of H-pyrrole nitrogens is 1. The highest BCUT2D eigenvalue weighted by molar-refractivity contribution is 7.92. The summed E-state index contributed by atoms with van der Waals surface area (Å²) in [5.41, 5.74) is 0.529. The topological polar surface area (TPSA) is 125 Å². The van der Waals surface area contributed by atoms with Crippen molar-refractivity contribution in [1.82, 2.24) is 15.2 Å². The summed E-state index contributed by atoms with van der Waals surface area (Å²) in [6, 6.07) is 3.97. The molecule has 21 heavy (non-hydrogen) atoms. The molecule has 1 aromatic carbocycles. The van der Waals surface area contributed by atoms with E-state index in [1.165, 1.54) is 12.1 Å². The Morgan fingerprint density at radius 2 is 2.14 bits per heavy atom. The predicted octanol–water partition coefficient (Wildman–Crippen LogP) is 1.17. The maximum absolute atomic E-state index is 12.2. The molecule has 1 heterocycles. The quantitative estimate of drug-likeness (QED) is 0.761. The Hall–Kier alpha value is -2.42. The Bertz CT molecular complexity index is 782. The lowest BCUT2D eigenvalue weighted by Gasteiger charge is -2.08. The van der Waals surface area contributed by atoms with Crippen LogP contribution in [-0.2, 0) is 16.4 Å². The molecule has 0 saturated carbocycles. The van der Waals surface area contributed by atoms with Gasteiger partial charge in [-0.3, -0.25) is 5.10 Å². The number of hydrogen-bond acceptors (Lipinski definition) is 5. The van der Waals surface area contributed by atoms with Crippen LogP contribution in [0, 0.1) is 6.92 Å². The van der Waals surface area contributed by atoms with Crippen molar-refractivity contribution in [1.29, 1.82) is 0 Å². The molecule has 8 nitrogen and oxygen atoms in total. The first-order valence-corrected chi connectivity index (χ1v) is 7.60. The number of sulfonamides is 1. The van der Waals surface area contributed by atoms with E-state index in [9.17, 15) is 13.2 Å². The highest BCUT2D eigenvalue weighted by Gasteiger charge is 2.20. The molecule has 0 spiro atoms. The van der Waals surface area contributed by atoms with Crippen molar-refractivity contribution in [3.63, 3.8) is 0 Å². The second-order valence-corrected chi connectivity index (χ2v) is 6.01. The minimum Gasteiger partial charge on any atom is -0.478 e. The van der Waals surface area contributed by atoms with Gasteiger partial charge in [-0.1, -0.05) is 13.0 Å². The van der Waals surface area contributed by atoms with Gasteiger partial charge in [0.25, 0.3) is 16.0 Å². The first-order valence-electron chi connectivity index (χ1n) is 6.11. The van der Waals surface area contributed by atoms with Crippen LogP contribution in [0.1, 0.15) is 28.7 Å². The Morgan fingerprint density at radius 1 is 1.43 bits per heavy atom. The van der Waals surface area contributed by atoms with Gasteiger partial charge in [0.05, 0.1) is 10.5 Å². The minimum atomic E-state index is -3.94. The molecule has 2 aromatic rings. The predicted molar refractivity (Wildman–Crippen MR) is 74.7 cm³/mol. The summed E-state index contributed by atoms with van der Waals surface area (Å²) in [6.45, 7) is 3.42. The molecular weight excluding hydrogens is 296 g/mol. The van der Waals surface area contributed by atoms with Gasteiger partial charge in [-0.05, 0) is 31.0 Å². The van der Waals surface area contributed by atoms with Gasteiger partial charge < -0.3 is 5.11 Å². The van der Waals surface area contributed by atoms with E-state index in [0.717, 1.165) is 6.07 Å². The number of benzene rings is 1. The highest BCUT2D eigenvalue weighted by Crippen LogP contribution is 2.18. The molecule has 0 aliphatic carbocycles. The molecule has 0 aliphatic rings. The number of carbonyl (C=O) groups is 1. The van der Waals surface area contributed by atoms with Crippen LogP contribution < -0.4 is 4.72 Å². The number of carboxylic acids is 1. The van der Waals surface area contributed by atoms with Crippen LogP contribution >= 0.6 is 0 Å². The van der Waals surface area contributed by atoms with Crippen LogP contribution in [0.3, 0.4) is 0 Å². The number of rotatable bonds is 5. The number of aromatic carboxylic acids is 1. The fourth-order valence-corrected chi connectivity index (χ4v) is 2.77. The summed E-state index contributed by atoms with van der Waals surface area (Å²) in [5, 5.41) is 15.3. The van der Waals surface area contributed by atoms with Crippen molar-refractivity contribution < 1.29 is 18.3 Å². The molecule has 9 heteroatoms. The third-order valence-corrected chi connectivity index (χ3v) is 4.15. The van der Waals surface area contributed by atoms with E-state index in [-0.39, 0.29) is 16.4 Å². The van der Waals surface area contributed by atoms with Gasteiger partial charge >= 0.3 is 5.97 Å². The Labute approximate surface area is 121 Å². The maximum Gasteiger partial charge on any atom is 0.336 e. The van der Waals surface area contributed by atoms with Gasteiger partial charge in [-0.25, -0.2) is 17.9 Å². The summed E-state index contributed by atoms with van der Waals surface area (Å²) in [6.07, 6.45) is 0.496. The van der Waals surface area contributed by atoms with Gasteiger partial charge in [0.1, 0.15) is 5.82 Å². The number of hydrogen-bond donors (Lipinski definition) is 3. The van der Waals surface area contributed by atoms with Crippen molar-refractivity contribution in [2.75, 3.05) is 4.72 Å². The monoisotopic (exact) mass is 310 g/mol. The summed E-state index contributed by atoms with van der Waals surface area (Å²) >= 11 is 0. The first kappa shape index (κ1) is 15.0. The zero-order valence-electron chi connectivity index (χ0n) is 11.4. The smallest absolute Gasteiger partial charge is 0.336 e. The Balaban J connectivity index is 2.40. The Morgan fingerprint density at radius 3 is 2.67 bits per heavy atom. The lowest BCUT2D eigenvalue weighted by Crippen LogP contribution is -2.15. The molecule has 0 atom stereocenters. The van der Waals surface area contributed by atoms with Gasteiger partial charge in [0, 0.05) is 0 Å². The summed E-state index contributed by atoms with van der Waals surface area (Å²) in [5.74, 6) is -0.804. The van der Waals surface area contributed by atoms with Crippen molar-refractivity contribution in [3.8, 4) is 0 Å². The largest absolute Gasteiger partial charge is 0.478 e. The van der Waals surface area contributed by atoms with E-state index in [0.29, 0.717) is 17.8 Å². The zero-order chi connectivity index (χ0) is 15.6. The van der Waals surface area contributed by atoms with E-state index in [4.69, 9.17) is 5.11 Å². The fraction of sp³-hybridized carbons (Fsp3) is 0.250. The van der Waals surface area contributed by atoms with Crippen LogP contribution in [0.25, 0.3) is 0 Å². The number of nitrogens with zero attached hydrogens (tertiary/aromatic N) is 2. The van der Waals surface area contributed by atoms with Crippen molar-refractivity contribution in [2.45, 2.75) is 25.2 Å². The van der Waals surface area contributed by atoms with Crippen LogP contribution in [0.2, 0.25) is 0 Å². The molecular formula is C12H14N4O4S. The molecule has 0 unspecified atom stereocenters. The van der Waals surface area contributed by atoms with Gasteiger partial charge in [-0.15, -0.1) is 5.10 Å². The molecule has 0 fully saturated rings. The van der Waals surface area contributed by atoms with E-state index < -0.39 is 16.0 Å². The average Bonchev–Trinajstić information content (AvgIpc) is 2.82. The molecule has 3 N–H and O–H groups in total. The average molecular weight is 310 g/mol. The second kappa shape index (κ2) is 5.52. The number of aromatic nitrogens is 3. The van der Waals surface area contributed by atoms with E-state index >= 15 is 0 Å². The summed E-state index contributed by atoms with van der Waals surface area (Å²) in [4.78, 5) is 14.9. The third-order valence-electron chi connectivity index (χ3n) is 2.83. The van der Waals surface area contributed by atoms with Crippen LogP contribution in [0.15, 0.2) is 23.1 Å². The summed E-state index contributed by atoms with van der Waals surface area (Å²) in [7, 11) is -3.94.